The van der Waals surface area contributed by atoms with Crippen molar-refractivity contribution in [1.82, 2.24) is 4.90 Å². The van der Waals surface area contributed by atoms with Gasteiger partial charge >= 0.3 is 5.97 Å². The van der Waals surface area contributed by atoms with E-state index < -0.39 is 11.4 Å². The molecule has 1 aromatic heterocycles. The number of hydrogen-bond acceptors (Lipinski definition) is 3. The Balaban J connectivity index is 2.00. The molecule has 0 spiro atoms. The Morgan fingerprint density at radius 3 is 2.86 bits per heavy atom. The van der Waals surface area contributed by atoms with Gasteiger partial charge in [-0.3, -0.25) is 9.59 Å². The molecule has 0 saturated carbocycles. The Bertz CT molecular complexity index is 530. The topological polar surface area (TPSA) is 70.8 Å². The maximum Gasteiger partial charge on any atom is 0.309 e. The van der Waals surface area contributed by atoms with Crippen LogP contribution in [0.3, 0.4) is 0 Å². The van der Waals surface area contributed by atoms with Gasteiger partial charge in [-0.05, 0) is 50.8 Å². The maximum absolute atomic E-state index is 12.2. The summed E-state index contributed by atoms with van der Waals surface area (Å²) in [6, 6.07) is 3.53. The summed E-state index contributed by atoms with van der Waals surface area (Å²) in [5.74, 6) is -0.308. The van der Waals surface area contributed by atoms with Gasteiger partial charge in [0, 0.05) is 19.2 Å². The molecular formula is C16H21NO4. The van der Waals surface area contributed by atoms with Gasteiger partial charge in [-0.25, -0.2) is 0 Å². The fourth-order valence-electron chi connectivity index (χ4n) is 2.59. The Morgan fingerprint density at radius 1 is 1.48 bits per heavy atom. The average Bonchev–Trinajstić information content (AvgIpc) is 2.98. The van der Waals surface area contributed by atoms with Gasteiger partial charge in [0.2, 0.25) is 5.91 Å². The number of nitrogens with zero attached hydrogens (tertiary/aromatic N) is 1. The van der Waals surface area contributed by atoms with Crippen molar-refractivity contribution in [2.45, 2.75) is 26.7 Å². The Labute approximate surface area is 124 Å². The van der Waals surface area contributed by atoms with Crippen LogP contribution in [0.25, 0.3) is 6.08 Å². The maximum atomic E-state index is 12.2. The van der Waals surface area contributed by atoms with Crippen LogP contribution in [-0.4, -0.2) is 35.0 Å². The first-order chi connectivity index (χ1) is 9.91. The van der Waals surface area contributed by atoms with E-state index in [1.165, 1.54) is 6.08 Å². The summed E-state index contributed by atoms with van der Waals surface area (Å²) in [6.07, 6.45) is 6.34. The zero-order chi connectivity index (χ0) is 15.5. The van der Waals surface area contributed by atoms with Crippen LogP contribution in [0.1, 0.15) is 32.4 Å². The minimum atomic E-state index is -0.816. The number of carbonyl (C=O) groups excluding carboxylic acids is 1. The van der Waals surface area contributed by atoms with Gasteiger partial charge in [-0.1, -0.05) is 0 Å². The van der Waals surface area contributed by atoms with Gasteiger partial charge < -0.3 is 14.4 Å². The van der Waals surface area contributed by atoms with Crippen molar-refractivity contribution in [3.63, 3.8) is 0 Å². The van der Waals surface area contributed by atoms with Crippen molar-refractivity contribution >= 4 is 18.0 Å². The van der Waals surface area contributed by atoms with Crippen molar-refractivity contribution in [2.24, 2.45) is 11.3 Å². The molecule has 1 N–H and O–H groups in total. The Hall–Kier alpha value is -2.04. The predicted molar refractivity (Wildman–Crippen MR) is 78.5 cm³/mol. The van der Waals surface area contributed by atoms with Gasteiger partial charge in [-0.15, -0.1) is 0 Å². The third kappa shape index (κ3) is 3.54. The van der Waals surface area contributed by atoms with Gasteiger partial charge in [-0.2, -0.15) is 0 Å². The van der Waals surface area contributed by atoms with E-state index in [-0.39, 0.29) is 11.8 Å². The van der Waals surface area contributed by atoms with Gasteiger partial charge in [0.25, 0.3) is 0 Å². The van der Waals surface area contributed by atoms with E-state index in [0.29, 0.717) is 18.8 Å². The molecule has 1 atom stereocenters. The number of amides is 1. The van der Waals surface area contributed by atoms with Gasteiger partial charge in [0.05, 0.1) is 11.7 Å². The molecule has 5 heteroatoms. The quantitative estimate of drug-likeness (QED) is 0.866. The second-order valence-corrected chi connectivity index (χ2v) is 6.00. The number of aliphatic carboxylic acids is 1. The zero-order valence-electron chi connectivity index (χ0n) is 12.4. The fourth-order valence-corrected chi connectivity index (χ4v) is 2.59. The van der Waals surface area contributed by atoms with Crippen LogP contribution in [0.5, 0.6) is 0 Å². The minimum absolute atomic E-state index is 0.0234. The highest BCUT2D eigenvalue weighted by molar-refractivity contribution is 5.91. The third-order valence-corrected chi connectivity index (χ3v) is 4.24. The first-order valence-electron chi connectivity index (χ1n) is 7.15. The average molecular weight is 291 g/mol. The fraction of sp³-hybridized carbons (Fsp3) is 0.500. The first kappa shape index (κ1) is 15.4. The van der Waals surface area contributed by atoms with E-state index in [4.69, 9.17) is 4.42 Å². The lowest BCUT2D eigenvalue weighted by Gasteiger charge is -2.38. The molecule has 0 radical (unpaired) electrons. The smallest absolute Gasteiger partial charge is 0.309 e. The molecule has 1 aliphatic heterocycles. The van der Waals surface area contributed by atoms with Crippen molar-refractivity contribution in [3.8, 4) is 0 Å². The van der Waals surface area contributed by atoms with Gasteiger partial charge in [0.15, 0.2) is 0 Å². The molecule has 0 aromatic carbocycles. The standard InChI is InChI=1S/C16H21NO4/c1-16(2,15(19)20)12-5-3-9-17(11-12)14(18)8-7-13-6-4-10-21-13/h4,6-8,10,12H,3,5,9,11H2,1-2H3,(H,19,20). The lowest BCUT2D eigenvalue weighted by Crippen LogP contribution is -2.46. The van der Waals surface area contributed by atoms with Crippen molar-refractivity contribution in [1.29, 1.82) is 0 Å². The molecule has 114 valence electrons. The summed E-state index contributed by atoms with van der Waals surface area (Å²) in [6.45, 7) is 4.62. The molecule has 0 bridgehead atoms. The van der Waals surface area contributed by atoms with Crippen molar-refractivity contribution < 1.29 is 19.1 Å². The summed E-state index contributed by atoms with van der Waals surface area (Å²) >= 11 is 0. The molecule has 1 aromatic rings. The highest BCUT2D eigenvalue weighted by Gasteiger charge is 2.39. The Morgan fingerprint density at radius 2 is 2.24 bits per heavy atom. The predicted octanol–water partition coefficient (Wildman–Crippen LogP) is 2.64. The minimum Gasteiger partial charge on any atom is -0.481 e. The Kier molecular flexibility index (Phi) is 4.50. The number of carboxylic acids is 1. The summed E-state index contributed by atoms with van der Waals surface area (Å²) in [7, 11) is 0. The van der Waals surface area contributed by atoms with Crippen LogP contribution >= 0.6 is 0 Å². The summed E-state index contributed by atoms with van der Waals surface area (Å²) in [5, 5.41) is 9.32. The van der Waals surface area contributed by atoms with Crippen LogP contribution in [0, 0.1) is 11.3 Å². The second kappa shape index (κ2) is 6.16. The van der Waals surface area contributed by atoms with Crippen LogP contribution in [0.4, 0.5) is 0 Å². The lowest BCUT2D eigenvalue weighted by atomic mass is 9.74. The van der Waals surface area contributed by atoms with Crippen LogP contribution in [0.2, 0.25) is 0 Å². The molecular weight excluding hydrogens is 270 g/mol. The SMILES string of the molecule is CC(C)(C(=O)O)C1CCCN(C(=O)C=Cc2ccco2)C1. The summed E-state index contributed by atoms with van der Waals surface area (Å²) < 4.78 is 5.14. The number of carboxylic acid groups (broad SMARTS) is 1. The van der Waals surface area contributed by atoms with Crippen LogP contribution < -0.4 is 0 Å². The largest absolute Gasteiger partial charge is 0.481 e. The monoisotopic (exact) mass is 291 g/mol. The summed E-state index contributed by atoms with van der Waals surface area (Å²) in [5.41, 5.74) is -0.816. The van der Waals surface area contributed by atoms with E-state index in [1.54, 1.807) is 43.2 Å². The van der Waals surface area contributed by atoms with Crippen LogP contribution in [-0.2, 0) is 9.59 Å². The van der Waals surface area contributed by atoms with E-state index in [1.807, 2.05) is 0 Å². The molecule has 1 saturated heterocycles. The molecule has 1 amide bonds. The van der Waals surface area contributed by atoms with E-state index >= 15 is 0 Å². The summed E-state index contributed by atoms with van der Waals surface area (Å²) in [4.78, 5) is 25.3. The lowest BCUT2D eigenvalue weighted by molar-refractivity contribution is -0.152. The molecule has 1 aliphatic rings. The zero-order valence-corrected chi connectivity index (χ0v) is 12.4. The van der Waals surface area contributed by atoms with E-state index in [2.05, 4.69) is 0 Å². The second-order valence-electron chi connectivity index (χ2n) is 6.00. The number of likely N-dealkylation sites (tertiary alicyclic amines) is 1. The van der Waals surface area contributed by atoms with Crippen molar-refractivity contribution in [2.75, 3.05) is 13.1 Å². The number of rotatable bonds is 4. The number of piperidine rings is 1. The molecule has 0 aliphatic carbocycles. The highest BCUT2D eigenvalue weighted by Crippen LogP contribution is 2.34. The van der Waals surface area contributed by atoms with E-state index in [0.717, 1.165) is 12.8 Å². The molecule has 5 nitrogen and oxygen atoms in total. The first-order valence-corrected chi connectivity index (χ1v) is 7.15. The molecule has 2 rings (SSSR count). The number of carbonyl (C=O) groups is 2. The molecule has 1 unspecified atom stereocenters. The number of hydrogen-bond donors (Lipinski definition) is 1. The van der Waals surface area contributed by atoms with Crippen LogP contribution in [0.15, 0.2) is 28.9 Å². The van der Waals surface area contributed by atoms with E-state index in [9.17, 15) is 14.7 Å². The highest BCUT2D eigenvalue weighted by atomic mass is 16.4. The molecule has 2 heterocycles. The third-order valence-electron chi connectivity index (χ3n) is 4.24. The number of furan rings is 1. The molecule has 1 fully saturated rings. The van der Waals surface area contributed by atoms with Crippen molar-refractivity contribution in [3.05, 3.63) is 30.2 Å². The molecule has 21 heavy (non-hydrogen) atoms. The normalized spacial score (nSPS) is 19.9. The van der Waals surface area contributed by atoms with Gasteiger partial charge in [0.1, 0.15) is 5.76 Å².